The van der Waals surface area contributed by atoms with Gasteiger partial charge in [-0.1, -0.05) is 0 Å². The smallest absolute Gasteiger partial charge is 0.227 e. The topological polar surface area (TPSA) is 80.4 Å². The second-order valence-electron chi connectivity index (χ2n) is 7.33. The molecule has 1 saturated heterocycles. The van der Waals surface area contributed by atoms with Gasteiger partial charge in [-0.2, -0.15) is 4.52 Å². The summed E-state index contributed by atoms with van der Waals surface area (Å²) in [6.07, 6.45) is 6.66. The highest BCUT2D eigenvalue weighted by molar-refractivity contribution is 5.93. The number of hydrogen-bond acceptors (Lipinski definition) is 5. The molecule has 4 heterocycles. The molecule has 1 N–H and O–H groups in total. The summed E-state index contributed by atoms with van der Waals surface area (Å²) in [6.45, 7) is 1.40. The zero-order chi connectivity index (χ0) is 20.5. The Hall–Kier alpha value is -3.75. The Labute approximate surface area is 171 Å². The van der Waals surface area contributed by atoms with Gasteiger partial charge in [-0.25, -0.2) is 4.39 Å². The molecule has 3 aromatic heterocycles. The summed E-state index contributed by atoms with van der Waals surface area (Å²) in [7, 11) is 0. The largest absolute Gasteiger partial charge is 0.355 e. The predicted molar refractivity (Wildman–Crippen MR) is 110 cm³/mol. The predicted octanol–water partition coefficient (Wildman–Crippen LogP) is 2.91. The van der Waals surface area contributed by atoms with E-state index in [1.54, 1.807) is 23.0 Å². The number of nitrogens with one attached hydrogen (secondary N) is 1. The van der Waals surface area contributed by atoms with Crippen LogP contribution in [-0.4, -0.2) is 43.4 Å². The van der Waals surface area contributed by atoms with Gasteiger partial charge in [0.15, 0.2) is 5.65 Å². The fourth-order valence-electron chi connectivity index (χ4n) is 3.77. The van der Waals surface area contributed by atoms with E-state index < -0.39 is 5.82 Å². The fourth-order valence-corrected chi connectivity index (χ4v) is 3.77. The third-order valence-corrected chi connectivity index (χ3v) is 5.45. The minimum absolute atomic E-state index is 0.152. The number of aromatic nitrogens is 5. The third-order valence-electron chi connectivity index (χ3n) is 5.45. The Morgan fingerprint density at radius 2 is 1.90 bits per heavy atom. The van der Waals surface area contributed by atoms with E-state index in [0.717, 1.165) is 11.5 Å². The molecule has 0 spiro atoms. The molecular weight excluding hydrogens is 385 g/mol. The molecule has 0 atom stereocenters. The van der Waals surface area contributed by atoms with Gasteiger partial charge < -0.3 is 14.8 Å². The monoisotopic (exact) mass is 405 g/mol. The zero-order valence-electron chi connectivity index (χ0n) is 16.1. The Morgan fingerprint density at radius 1 is 1.10 bits per heavy atom. The van der Waals surface area contributed by atoms with Crippen molar-refractivity contribution < 1.29 is 9.18 Å². The highest BCUT2D eigenvalue weighted by Crippen LogP contribution is 2.25. The summed E-state index contributed by atoms with van der Waals surface area (Å²) in [5.41, 5.74) is 1.69. The van der Waals surface area contributed by atoms with Gasteiger partial charge in [0.05, 0.1) is 5.69 Å². The highest BCUT2D eigenvalue weighted by atomic mass is 19.1. The number of amides is 1. The Kier molecular flexibility index (Phi) is 4.62. The summed E-state index contributed by atoms with van der Waals surface area (Å²) in [5, 5.41) is 15.1. The molecule has 30 heavy (non-hydrogen) atoms. The highest BCUT2D eigenvalue weighted by Gasteiger charge is 2.26. The summed E-state index contributed by atoms with van der Waals surface area (Å²) < 4.78 is 17.8. The van der Waals surface area contributed by atoms with Crippen LogP contribution >= 0.6 is 0 Å². The molecule has 0 aliphatic carbocycles. The molecule has 1 fully saturated rings. The lowest BCUT2D eigenvalue weighted by Gasteiger charge is -2.32. The molecule has 0 radical (unpaired) electrons. The lowest BCUT2D eigenvalue weighted by atomic mass is 9.95. The van der Waals surface area contributed by atoms with E-state index >= 15 is 0 Å². The van der Waals surface area contributed by atoms with Crippen LogP contribution in [0.25, 0.3) is 11.3 Å². The molecule has 1 aromatic carbocycles. The van der Waals surface area contributed by atoms with Gasteiger partial charge in [0, 0.05) is 37.1 Å². The van der Waals surface area contributed by atoms with Crippen LogP contribution in [0.3, 0.4) is 0 Å². The van der Waals surface area contributed by atoms with Crippen molar-refractivity contribution in [3.05, 3.63) is 67.0 Å². The Morgan fingerprint density at radius 3 is 2.70 bits per heavy atom. The summed E-state index contributed by atoms with van der Waals surface area (Å²) in [6, 6.07) is 12.3. The average molecular weight is 405 g/mol. The first-order chi connectivity index (χ1) is 14.7. The van der Waals surface area contributed by atoms with Gasteiger partial charge in [-0.3, -0.25) is 4.79 Å². The minimum Gasteiger partial charge on any atom is -0.355 e. The number of nitrogens with zero attached hydrogens (tertiary/aromatic N) is 6. The van der Waals surface area contributed by atoms with Crippen molar-refractivity contribution in [1.82, 2.24) is 24.4 Å². The molecule has 152 valence electrons. The lowest BCUT2D eigenvalue weighted by Crippen LogP contribution is -2.38. The van der Waals surface area contributed by atoms with Crippen LogP contribution in [0.2, 0.25) is 0 Å². The maximum atomic E-state index is 14.3. The third kappa shape index (κ3) is 3.49. The molecule has 4 aromatic rings. The van der Waals surface area contributed by atoms with Crippen LogP contribution in [0.4, 0.5) is 15.9 Å². The first kappa shape index (κ1) is 18.3. The number of benzene rings is 1. The van der Waals surface area contributed by atoms with Crippen LogP contribution < -0.4 is 10.2 Å². The molecule has 9 heteroatoms. The average Bonchev–Trinajstić information content (AvgIpc) is 3.47. The summed E-state index contributed by atoms with van der Waals surface area (Å²) >= 11 is 0. The van der Waals surface area contributed by atoms with Crippen LogP contribution in [-0.2, 0) is 4.79 Å². The molecule has 5 rings (SSSR count). The van der Waals surface area contributed by atoms with Gasteiger partial charge >= 0.3 is 0 Å². The molecule has 1 aliphatic rings. The standard InChI is InChI=1S/C21H20FN7O/c22-17-4-3-16(27-9-1-2-10-27)13-18(17)24-21(30)15-7-11-28(12-8-15)20-6-5-19-25-23-14-29(19)26-20/h1-6,9-10,13-15H,7-8,11-12H2,(H,24,30). The number of carbonyl (C=O) groups is 1. The summed E-state index contributed by atoms with van der Waals surface area (Å²) in [5.74, 6) is 0.0599. The first-order valence-electron chi connectivity index (χ1n) is 9.83. The lowest BCUT2D eigenvalue weighted by molar-refractivity contribution is -0.120. The maximum Gasteiger partial charge on any atom is 0.227 e. The minimum atomic E-state index is -0.442. The van der Waals surface area contributed by atoms with Crippen LogP contribution in [0, 0.1) is 11.7 Å². The molecule has 1 aliphatic heterocycles. The maximum absolute atomic E-state index is 14.3. The van der Waals surface area contributed by atoms with Crippen molar-refractivity contribution in [2.45, 2.75) is 12.8 Å². The van der Waals surface area contributed by atoms with E-state index in [2.05, 4.69) is 25.5 Å². The molecular formula is C21H20FN7O. The molecule has 0 saturated carbocycles. The van der Waals surface area contributed by atoms with E-state index in [9.17, 15) is 9.18 Å². The molecule has 1 amide bonds. The number of piperidine rings is 1. The van der Waals surface area contributed by atoms with E-state index in [1.165, 1.54) is 6.07 Å². The van der Waals surface area contributed by atoms with E-state index in [0.29, 0.717) is 31.6 Å². The van der Waals surface area contributed by atoms with Gasteiger partial charge in [0.1, 0.15) is 18.0 Å². The van der Waals surface area contributed by atoms with Crippen molar-refractivity contribution >= 4 is 23.1 Å². The van der Waals surface area contributed by atoms with Crippen molar-refractivity contribution in [3.8, 4) is 5.69 Å². The van der Waals surface area contributed by atoms with Crippen LogP contribution in [0.5, 0.6) is 0 Å². The normalized spacial score (nSPS) is 14.9. The zero-order valence-corrected chi connectivity index (χ0v) is 16.1. The second kappa shape index (κ2) is 7.58. The van der Waals surface area contributed by atoms with Crippen LogP contribution in [0.1, 0.15) is 12.8 Å². The number of fused-ring (bicyclic) bond motifs is 1. The summed E-state index contributed by atoms with van der Waals surface area (Å²) in [4.78, 5) is 14.9. The SMILES string of the molecule is O=C(Nc1cc(-n2cccc2)ccc1F)C1CCN(c2ccc3nncn3n2)CC1. The molecule has 0 unspecified atom stereocenters. The quantitative estimate of drug-likeness (QED) is 0.565. The van der Waals surface area contributed by atoms with E-state index in [1.807, 2.05) is 41.2 Å². The van der Waals surface area contributed by atoms with Gasteiger partial charge in [0.2, 0.25) is 5.91 Å². The van der Waals surface area contributed by atoms with Crippen molar-refractivity contribution in [2.75, 3.05) is 23.3 Å². The first-order valence-corrected chi connectivity index (χ1v) is 9.83. The van der Waals surface area contributed by atoms with Gasteiger partial charge in [-0.05, 0) is 55.3 Å². The molecule has 0 bridgehead atoms. The van der Waals surface area contributed by atoms with Crippen LogP contribution in [0.15, 0.2) is 61.2 Å². The van der Waals surface area contributed by atoms with Crippen molar-refractivity contribution in [1.29, 1.82) is 0 Å². The van der Waals surface area contributed by atoms with Gasteiger partial charge in [-0.15, -0.1) is 15.3 Å². The van der Waals surface area contributed by atoms with Crippen molar-refractivity contribution in [2.24, 2.45) is 5.92 Å². The number of carbonyl (C=O) groups excluding carboxylic acids is 1. The molecule has 8 nitrogen and oxygen atoms in total. The van der Waals surface area contributed by atoms with E-state index in [4.69, 9.17) is 0 Å². The van der Waals surface area contributed by atoms with Crippen molar-refractivity contribution in [3.63, 3.8) is 0 Å². The number of rotatable bonds is 4. The Balaban J connectivity index is 1.24. The van der Waals surface area contributed by atoms with Gasteiger partial charge in [0.25, 0.3) is 0 Å². The number of anilines is 2. The number of hydrogen-bond donors (Lipinski definition) is 1. The van der Waals surface area contributed by atoms with E-state index in [-0.39, 0.29) is 17.5 Å². The number of halogens is 1. The second-order valence-corrected chi connectivity index (χ2v) is 7.33. The Bertz CT molecular complexity index is 1180. The fraction of sp³-hybridized carbons (Fsp3) is 0.238.